The Morgan fingerprint density at radius 1 is 1.15 bits per heavy atom. The average molecular weight is 501 g/mol. The summed E-state index contributed by atoms with van der Waals surface area (Å²) in [7, 11) is 0. The molecule has 168 valence electrons. The number of benzene rings is 2. The van der Waals surface area contributed by atoms with E-state index >= 15 is 0 Å². The molecule has 0 aliphatic carbocycles. The van der Waals surface area contributed by atoms with Gasteiger partial charge in [-0.05, 0) is 30.3 Å². The van der Waals surface area contributed by atoms with E-state index in [2.05, 4.69) is 20.3 Å². The van der Waals surface area contributed by atoms with Gasteiger partial charge in [0.2, 0.25) is 0 Å². The molecule has 2 aromatic carbocycles. The van der Waals surface area contributed by atoms with Crippen LogP contribution < -0.4 is 10.9 Å². The Kier molecular flexibility index (Phi) is 6.69. The summed E-state index contributed by atoms with van der Waals surface area (Å²) in [5.41, 5.74) is 3.65. The summed E-state index contributed by atoms with van der Waals surface area (Å²) in [4.78, 5) is 32.0. The molecular formula is C23H18Cl2N4O3S. The van der Waals surface area contributed by atoms with E-state index in [1.807, 2.05) is 29.6 Å². The zero-order valence-corrected chi connectivity index (χ0v) is 19.6. The van der Waals surface area contributed by atoms with E-state index in [0.717, 1.165) is 27.5 Å². The molecule has 0 saturated carbocycles. The Balaban J connectivity index is 0.000000471. The van der Waals surface area contributed by atoms with E-state index in [9.17, 15) is 9.59 Å². The summed E-state index contributed by atoms with van der Waals surface area (Å²) >= 11 is 13.9. The van der Waals surface area contributed by atoms with Crippen LogP contribution in [0, 0.1) is 0 Å². The highest BCUT2D eigenvalue weighted by Crippen LogP contribution is 2.35. The number of nitrogens with one attached hydrogen (secondary N) is 3. The molecule has 0 atom stereocenters. The highest BCUT2D eigenvalue weighted by atomic mass is 35.5. The lowest BCUT2D eigenvalue weighted by molar-refractivity contribution is -0.136. The number of carboxylic acids is 1. The summed E-state index contributed by atoms with van der Waals surface area (Å²) in [6, 6.07) is 13.1. The van der Waals surface area contributed by atoms with E-state index in [-0.39, 0.29) is 12.0 Å². The SMILES string of the molecule is CCC(=O)O.O=c1[nH]c2ccc(-c3csc(Nc4c(Cl)cccc4Cl)n3)cc2c2cc[nH]c12. The fourth-order valence-electron chi connectivity index (χ4n) is 3.19. The number of para-hydroxylation sites is 1. The van der Waals surface area contributed by atoms with Gasteiger partial charge in [0.1, 0.15) is 5.52 Å². The zero-order valence-electron chi connectivity index (χ0n) is 17.3. The summed E-state index contributed by atoms with van der Waals surface area (Å²) in [6.45, 7) is 1.60. The third-order valence-electron chi connectivity index (χ3n) is 4.83. The van der Waals surface area contributed by atoms with Gasteiger partial charge in [-0.2, -0.15) is 0 Å². The molecule has 0 amide bonds. The number of halogens is 2. The Bertz CT molecular complexity index is 1500. The Labute approximate surface area is 202 Å². The average Bonchev–Trinajstić information content (AvgIpc) is 3.47. The van der Waals surface area contributed by atoms with Crippen LogP contribution in [0.1, 0.15) is 13.3 Å². The van der Waals surface area contributed by atoms with Crippen molar-refractivity contribution in [1.82, 2.24) is 15.0 Å². The maximum absolute atomic E-state index is 12.1. The van der Waals surface area contributed by atoms with Gasteiger partial charge in [0, 0.05) is 39.9 Å². The molecule has 0 spiro atoms. The minimum Gasteiger partial charge on any atom is -0.481 e. The Morgan fingerprint density at radius 2 is 1.88 bits per heavy atom. The molecule has 0 bridgehead atoms. The molecule has 0 aliphatic rings. The Morgan fingerprint density at radius 3 is 2.58 bits per heavy atom. The van der Waals surface area contributed by atoms with Gasteiger partial charge < -0.3 is 20.4 Å². The summed E-state index contributed by atoms with van der Waals surface area (Å²) < 4.78 is 0. The minimum absolute atomic E-state index is 0.128. The molecule has 0 saturated heterocycles. The van der Waals surface area contributed by atoms with Gasteiger partial charge in [-0.15, -0.1) is 11.3 Å². The molecule has 10 heteroatoms. The van der Waals surface area contributed by atoms with Gasteiger partial charge in [0.05, 0.1) is 21.4 Å². The normalized spacial score (nSPS) is 10.8. The predicted molar refractivity (Wildman–Crippen MR) is 135 cm³/mol. The van der Waals surface area contributed by atoms with Gasteiger partial charge in [-0.3, -0.25) is 9.59 Å². The molecule has 0 radical (unpaired) electrons. The van der Waals surface area contributed by atoms with Crippen molar-refractivity contribution in [2.24, 2.45) is 0 Å². The predicted octanol–water partition coefficient (Wildman–Crippen LogP) is 6.66. The maximum Gasteiger partial charge on any atom is 0.303 e. The number of hydrogen-bond donors (Lipinski definition) is 4. The smallest absolute Gasteiger partial charge is 0.303 e. The first-order valence-corrected chi connectivity index (χ1v) is 11.5. The van der Waals surface area contributed by atoms with Gasteiger partial charge >= 0.3 is 5.97 Å². The molecule has 0 unspecified atom stereocenters. The Hall–Kier alpha value is -3.33. The largest absolute Gasteiger partial charge is 0.481 e. The zero-order chi connectivity index (χ0) is 23.5. The second-order valence-corrected chi connectivity index (χ2v) is 8.66. The summed E-state index contributed by atoms with van der Waals surface area (Å²) in [5.74, 6) is -0.745. The van der Waals surface area contributed by atoms with Crippen LogP contribution in [0.15, 0.2) is 58.8 Å². The molecule has 3 heterocycles. The van der Waals surface area contributed by atoms with Crippen molar-refractivity contribution in [3.05, 3.63) is 74.4 Å². The summed E-state index contributed by atoms with van der Waals surface area (Å²) in [5, 5.41) is 16.5. The first kappa shape index (κ1) is 22.8. The number of rotatable bonds is 4. The van der Waals surface area contributed by atoms with Crippen LogP contribution in [0.3, 0.4) is 0 Å². The van der Waals surface area contributed by atoms with Crippen molar-refractivity contribution in [3.63, 3.8) is 0 Å². The maximum atomic E-state index is 12.1. The highest BCUT2D eigenvalue weighted by Gasteiger charge is 2.12. The van der Waals surface area contributed by atoms with E-state index in [0.29, 0.717) is 26.4 Å². The van der Waals surface area contributed by atoms with Crippen molar-refractivity contribution < 1.29 is 9.90 Å². The fraction of sp³-hybridized carbons (Fsp3) is 0.0870. The first-order chi connectivity index (χ1) is 15.9. The molecule has 5 aromatic rings. The molecular weight excluding hydrogens is 483 g/mol. The lowest BCUT2D eigenvalue weighted by Crippen LogP contribution is -2.05. The van der Waals surface area contributed by atoms with Gasteiger partial charge in [0.15, 0.2) is 5.13 Å². The van der Waals surface area contributed by atoms with Crippen molar-refractivity contribution in [2.45, 2.75) is 13.3 Å². The lowest BCUT2D eigenvalue weighted by atomic mass is 10.1. The number of hydrogen-bond acceptors (Lipinski definition) is 5. The molecule has 0 fully saturated rings. The van der Waals surface area contributed by atoms with Crippen LogP contribution in [0.2, 0.25) is 10.0 Å². The van der Waals surface area contributed by atoms with Crippen molar-refractivity contribution in [2.75, 3.05) is 5.32 Å². The third kappa shape index (κ3) is 4.88. The third-order valence-corrected chi connectivity index (χ3v) is 6.22. The minimum atomic E-state index is -0.745. The number of fused-ring (bicyclic) bond motifs is 3. The molecule has 0 aliphatic heterocycles. The standard InChI is InChI=1S/C20H12Cl2N4OS.C3H6O2/c21-13-2-1-3-14(22)18(13)26-20-25-16(9-28-20)10-4-5-15-12(8-10)11-6-7-23-17(11)19(27)24-15;1-2-3(4)5/h1-9,23H,(H,24,27)(H,25,26);2H2,1H3,(H,4,5). The quantitative estimate of drug-likeness (QED) is 0.220. The topological polar surface area (TPSA) is 111 Å². The van der Waals surface area contributed by atoms with Crippen molar-refractivity contribution in [3.8, 4) is 11.3 Å². The van der Waals surface area contributed by atoms with Crippen LogP contribution in [0.5, 0.6) is 0 Å². The number of aliphatic carboxylic acids is 1. The fourth-order valence-corrected chi connectivity index (χ4v) is 4.41. The van der Waals surface area contributed by atoms with Gasteiger partial charge in [0.25, 0.3) is 5.56 Å². The molecule has 7 nitrogen and oxygen atoms in total. The number of anilines is 2. The van der Waals surface area contributed by atoms with E-state index in [1.54, 1.807) is 31.3 Å². The number of aromatic amines is 2. The monoisotopic (exact) mass is 500 g/mol. The number of aromatic nitrogens is 3. The molecule has 33 heavy (non-hydrogen) atoms. The number of carboxylic acid groups (broad SMARTS) is 1. The van der Waals surface area contributed by atoms with Crippen molar-refractivity contribution in [1.29, 1.82) is 0 Å². The van der Waals surface area contributed by atoms with Gasteiger partial charge in [-0.25, -0.2) is 4.98 Å². The second-order valence-electron chi connectivity index (χ2n) is 6.99. The van der Waals surface area contributed by atoms with Crippen LogP contribution in [-0.2, 0) is 4.79 Å². The van der Waals surface area contributed by atoms with Crippen molar-refractivity contribution >= 4 is 73.1 Å². The second kappa shape index (κ2) is 9.66. The molecule has 5 rings (SSSR count). The van der Waals surface area contributed by atoms with Gasteiger partial charge in [-0.1, -0.05) is 42.3 Å². The lowest BCUT2D eigenvalue weighted by Gasteiger charge is -2.07. The van der Waals surface area contributed by atoms with E-state index in [1.165, 1.54) is 11.3 Å². The van der Waals surface area contributed by atoms with Crippen LogP contribution in [0.4, 0.5) is 10.8 Å². The number of thiazole rings is 1. The number of carbonyl (C=O) groups is 1. The number of nitrogens with zero attached hydrogens (tertiary/aromatic N) is 1. The van der Waals surface area contributed by atoms with Crippen LogP contribution in [0.25, 0.3) is 33.1 Å². The van der Waals surface area contributed by atoms with Crippen LogP contribution >= 0.6 is 34.5 Å². The van der Waals surface area contributed by atoms with E-state index in [4.69, 9.17) is 28.3 Å². The number of H-pyrrole nitrogens is 2. The molecule has 3 aromatic heterocycles. The molecule has 4 N–H and O–H groups in total. The first-order valence-electron chi connectivity index (χ1n) is 9.89. The summed E-state index contributed by atoms with van der Waals surface area (Å²) in [6.07, 6.45) is 1.99. The van der Waals surface area contributed by atoms with Crippen LogP contribution in [-0.4, -0.2) is 26.0 Å². The van der Waals surface area contributed by atoms with E-state index < -0.39 is 5.97 Å². The highest BCUT2D eigenvalue weighted by molar-refractivity contribution is 7.14. The number of pyridine rings is 1.